The molecular formula is C21H32N2O5. The monoisotopic (exact) mass is 392 g/mol. The summed E-state index contributed by atoms with van der Waals surface area (Å²) in [5, 5.41) is 19.8. The summed E-state index contributed by atoms with van der Waals surface area (Å²) in [5.74, 6) is 0. The Hall–Kier alpha value is -1.83. The Morgan fingerprint density at radius 2 is 1.71 bits per heavy atom. The number of amides is 1. The zero-order valence-electron chi connectivity index (χ0n) is 17.2. The largest absolute Gasteiger partial charge is 0.444 e. The number of rotatable bonds is 2. The fraction of sp³-hybridized carbons (Fsp3) is 0.667. The maximum absolute atomic E-state index is 12.2. The predicted molar refractivity (Wildman–Crippen MR) is 106 cm³/mol. The van der Waals surface area contributed by atoms with Crippen LogP contribution in [-0.2, 0) is 9.47 Å². The SMILES string of the molecule is CC1OC(c2ccc(N3CCN(C(=O)OC(C)(C)C)CC3)cc2)CC(O)C1O. The van der Waals surface area contributed by atoms with Gasteiger partial charge in [-0.05, 0) is 45.4 Å². The van der Waals surface area contributed by atoms with Gasteiger partial charge >= 0.3 is 6.09 Å². The second kappa shape index (κ2) is 8.27. The van der Waals surface area contributed by atoms with Crippen molar-refractivity contribution < 1.29 is 24.5 Å². The molecule has 2 aliphatic heterocycles. The Morgan fingerprint density at radius 3 is 2.25 bits per heavy atom. The lowest BCUT2D eigenvalue weighted by Crippen LogP contribution is -2.50. The first kappa shape index (κ1) is 20.9. The van der Waals surface area contributed by atoms with Gasteiger partial charge in [0.1, 0.15) is 11.7 Å². The lowest BCUT2D eigenvalue weighted by Gasteiger charge is -2.37. The summed E-state index contributed by atoms with van der Waals surface area (Å²) in [6, 6.07) is 8.11. The van der Waals surface area contributed by atoms with E-state index >= 15 is 0 Å². The third-order valence-electron chi connectivity index (χ3n) is 5.27. The van der Waals surface area contributed by atoms with E-state index in [2.05, 4.69) is 4.90 Å². The van der Waals surface area contributed by atoms with Crippen molar-refractivity contribution in [1.82, 2.24) is 4.90 Å². The molecule has 2 N–H and O–H groups in total. The highest BCUT2D eigenvalue weighted by molar-refractivity contribution is 5.68. The van der Waals surface area contributed by atoms with Crippen molar-refractivity contribution in [1.29, 1.82) is 0 Å². The molecule has 2 saturated heterocycles. The molecule has 1 amide bonds. The second-order valence-electron chi connectivity index (χ2n) is 8.67. The van der Waals surface area contributed by atoms with Crippen LogP contribution < -0.4 is 4.90 Å². The zero-order valence-corrected chi connectivity index (χ0v) is 17.2. The fourth-order valence-corrected chi connectivity index (χ4v) is 3.65. The van der Waals surface area contributed by atoms with E-state index in [1.54, 1.807) is 11.8 Å². The molecule has 0 aromatic heterocycles. The molecular weight excluding hydrogens is 360 g/mol. The van der Waals surface area contributed by atoms with Crippen LogP contribution in [0.4, 0.5) is 10.5 Å². The highest BCUT2D eigenvalue weighted by Crippen LogP contribution is 2.32. The smallest absolute Gasteiger partial charge is 0.410 e. The van der Waals surface area contributed by atoms with Crippen molar-refractivity contribution >= 4 is 11.8 Å². The van der Waals surface area contributed by atoms with Gasteiger partial charge in [-0.2, -0.15) is 0 Å². The number of piperazine rings is 1. The number of hydrogen-bond acceptors (Lipinski definition) is 6. The fourth-order valence-electron chi connectivity index (χ4n) is 3.65. The molecule has 4 unspecified atom stereocenters. The van der Waals surface area contributed by atoms with Gasteiger partial charge in [-0.3, -0.25) is 0 Å². The Labute approximate surface area is 166 Å². The van der Waals surface area contributed by atoms with Crippen LogP contribution in [0.2, 0.25) is 0 Å². The Kier molecular flexibility index (Phi) is 6.17. The summed E-state index contributed by atoms with van der Waals surface area (Å²) in [6.45, 7) is 10.2. The summed E-state index contributed by atoms with van der Waals surface area (Å²) < 4.78 is 11.3. The molecule has 4 atom stereocenters. The standard InChI is InChI=1S/C21H32N2O5/c1-14-19(25)17(24)13-18(27-14)15-5-7-16(8-6-15)22-9-11-23(12-10-22)20(26)28-21(2,3)4/h5-8,14,17-19,24-25H,9-13H2,1-4H3. The van der Waals surface area contributed by atoms with Gasteiger partial charge in [0.05, 0.1) is 18.3 Å². The van der Waals surface area contributed by atoms with Crippen LogP contribution in [0.5, 0.6) is 0 Å². The summed E-state index contributed by atoms with van der Waals surface area (Å²) in [6.07, 6.45) is -2.09. The average Bonchev–Trinajstić information content (AvgIpc) is 2.64. The maximum Gasteiger partial charge on any atom is 0.410 e. The number of ether oxygens (including phenoxy) is 2. The zero-order chi connectivity index (χ0) is 20.5. The molecule has 0 bridgehead atoms. The number of carbonyl (C=O) groups is 1. The van der Waals surface area contributed by atoms with Crippen LogP contribution in [0.25, 0.3) is 0 Å². The van der Waals surface area contributed by atoms with Gasteiger partial charge in [-0.25, -0.2) is 4.79 Å². The minimum atomic E-state index is -0.836. The molecule has 0 saturated carbocycles. The minimum Gasteiger partial charge on any atom is -0.444 e. The molecule has 2 fully saturated rings. The number of benzene rings is 1. The van der Waals surface area contributed by atoms with Crippen molar-refractivity contribution in [3.63, 3.8) is 0 Å². The highest BCUT2D eigenvalue weighted by atomic mass is 16.6. The molecule has 0 radical (unpaired) electrons. The first-order valence-corrected chi connectivity index (χ1v) is 9.98. The van der Waals surface area contributed by atoms with Crippen LogP contribution in [-0.4, -0.2) is 71.3 Å². The molecule has 2 heterocycles. The maximum atomic E-state index is 12.2. The summed E-state index contributed by atoms with van der Waals surface area (Å²) in [4.78, 5) is 16.2. The van der Waals surface area contributed by atoms with Crippen LogP contribution >= 0.6 is 0 Å². The first-order chi connectivity index (χ1) is 13.1. The lowest BCUT2D eigenvalue weighted by atomic mass is 9.94. The molecule has 28 heavy (non-hydrogen) atoms. The molecule has 2 aliphatic rings. The molecule has 1 aromatic carbocycles. The van der Waals surface area contributed by atoms with E-state index in [4.69, 9.17) is 9.47 Å². The van der Waals surface area contributed by atoms with E-state index < -0.39 is 23.9 Å². The van der Waals surface area contributed by atoms with E-state index in [-0.39, 0.29) is 12.2 Å². The Balaban J connectivity index is 1.56. The van der Waals surface area contributed by atoms with E-state index in [9.17, 15) is 15.0 Å². The van der Waals surface area contributed by atoms with Gasteiger partial charge in [0.15, 0.2) is 0 Å². The third-order valence-corrected chi connectivity index (χ3v) is 5.27. The number of aliphatic hydroxyl groups excluding tert-OH is 2. The number of anilines is 1. The van der Waals surface area contributed by atoms with Crippen LogP contribution in [0, 0.1) is 0 Å². The van der Waals surface area contributed by atoms with Crippen molar-refractivity contribution in [2.24, 2.45) is 0 Å². The molecule has 1 aromatic rings. The average molecular weight is 392 g/mol. The minimum absolute atomic E-state index is 0.216. The lowest BCUT2D eigenvalue weighted by molar-refractivity contribution is -0.163. The molecule has 0 spiro atoms. The molecule has 3 rings (SSSR count). The summed E-state index contributed by atoms with van der Waals surface area (Å²) in [5.41, 5.74) is 1.61. The number of carbonyl (C=O) groups excluding carboxylic acids is 1. The summed E-state index contributed by atoms with van der Waals surface area (Å²) in [7, 11) is 0. The summed E-state index contributed by atoms with van der Waals surface area (Å²) >= 11 is 0. The van der Waals surface area contributed by atoms with Crippen molar-refractivity contribution in [3.05, 3.63) is 29.8 Å². The van der Waals surface area contributed by atoms with E-state index in [1.165, 1.54) is 0 Å². The third kappa shape index (κ3) is 4.96. The van der Waals surface area contributed by atoms with Crippen molar-refractivity contribution in [3.8, 4) is 0 Å². The topological polar surface area (TPSA) is 82.5 Å². The molecule has 0 aliphatic carbocycles. The number of hydrogen-bond donors (Lipinski definition) is 2. The van der Waals surface area contributed by atoms with Gasteiger partial charge in [-0.1, -0.05) is 12.1 Å². The number of aliphatic hydroxyl groups is 2. The first-order valence-electron chi connectivity index (χ1n) is 9.98. The molecule has 7 nitrogen and oxygen atoms in total. The van der Waals surface area contributed by atoms with Gasteiger partial charge in [0.2, 0.25) is 0 Å². The number of nitrogens with zero attached hydrogens (tertiary/aromatic N) is 2. The Bertz CT molecular complexity index is 652. The molecule has 156 valence electrons. The Morgan fingerprint density at radius 1 is 1.11 bits per heavy atom. The van der Waals surface area contributed by atoms with Gasteiger partial charge < -0.3 is 29.5 Å². The normalized spacial score (nSPS) is 28.9. The van der Waals surface area contributed by atoms with E-state index in [0.717, 1.165) is 24.3 Å². The molecule has 7 heteroatoms. The van der Waals surface area contributed by atoms with Crippen molar-refractivity contribution in [2.75, 3.05) is 31.1 Å². The predicted octanol–water partition coefficient (Wildman–Crippen LogP) is 2.32. The van der Waals surface area contributed by atoms with Crippen molar-refractivity contribution in [2.45, 2.75) is 64.1 Å². The van der Waals surface area contributed by atoms with E-state index in [1.807, 2.05) is 45.0 Å². The van der Waals surface area contributed by atoms with Crippen LogP contribution in [0.1, 0.15) is 45.8 Å². The van der Waals surface area contributed by atoms with Crippen LogP contribution in [0.3, 0.4) is 0 Å². The van der Waals surface area contributed by atoms with Gasteiger partial charge in [0, 0.05) is 38.3 Å². The highest BCUT2D eigenvalue weighted by Gasteiger charge is 2.34. The quantitative estimate of drug-likeness (QED) is 0.804. The second-order valence-corrected chi connectivity index (χ2v) is 8.67. The van der Waals surface area contributed by atoms with Crippen LogP contribution in [0.15, 0.2) is 24.3 Å². The van der Waals surface area contributed by atoms with E-state index in [0.29, 0.717) is 19.5 Å². The van der Waals surface area contributed by atoms with Gasteiger partial charge in [-0.15, -0.1) is 0 Å². The van der Waals surface area contributed by atoms with Gasteiger partial charge in [0.25, 0.3) is 0 Å².